The molecule has 108 valence electrons. The Bertz CT molecular complexity index is 751. The zero-order valence-corrected chi connectivity index (χ0v) is 12.6. The summed E-state index contributed by atoms with van der Waals surface area (Å²) in [5, 5.41) is 12.6. The lowest BCUT2D eigenvalue weighted by atomic mass is 10.1. The molecule has 3 aromatic rings. The molecule has 0 aliphatic rings. The van der Waals surface area contributed by atoms with E-state index in [1.54, 1.807) is 0 Å². The second kappa shape index (κ2) is 6.24. The lowest BCUT2D eigenvalue weighted by Gasteiger charge is -2.11. The van der Waals surface area contributed by atoms with E-state index in [9.17, 15) is 0 Å². The first-order chi connectivity index (χ1) is 10.3. The van der Waals surface area contributed by atoms with Gasteiger partial charge in [0.1, 0.15) is 5.52 Å². The third kappa shape index (κ3) is 2.91. The van der Waals surface area contributed by atoms with E-state index in [-0.39, 0.29) is 0 Å². The summed E-state index contributed by atoms with van der Waals surface area (Å²) in [5.74, 6) is 0. The Morgan fingerprint density at radius 3 is 2.90 bits per heavy atom. The van der Waals surface area contributed by atoms with Crippen LogP contribution in [0.3, 0.4) is 0 Å². The summed E-state index contributed by atoms with van der Waals surface area (Å²) in [7, 11) is 0. The molecular formula is C16H17ClN4. The Morgan fingerprint density at radius 2 is 2.05 bits per heavy atom. The summed E-state index contributed by atoms with van der Waals surface area (Å²) in [5.41, 5.74) is 3.99. The van der Waals surface area contributed by atoms with Gasteiger partial charge in [-0.25, -0.2) is 4.68 Å². The fourth-order valence-electron chi connectivity index (χ4n) is 2.33. The number of rotatable bonds is 5. The second-order valence-electron chi connectivity index (χ2n) is 4.94. The zero-order chi connectivity index (χ0) is 14.7. The predicted molar refractivity (Wildman–Crippen MR) is 85.9 cm³/mol. The van der Waals surface area contributed by atoms with Crippen LogP contribution in [0.4, 0.5) is 0 Å². The van der Waals surface area contributed by atoms with Crippen molar-refractivity contribution < 1.29 is 0 Å². The highest BCUT2D eigenvalue weighted by molar-refractivity contribution is 6.30. The van der Waals surface area contributed by atoms with Crippen molar-refractivity contribution in [2.75, 3.05) is 6.54 Å². The van der Waals surface area contributed by atoms with Crippen LogP contribution >= 0.6 is 11.6 Å². The minimum absolute atomic E-state index is 0.698. The highest BCUT2D eigenvalue weighted by Gasteiger charge is 2.10. The fourth-order valence-corrected chi connectivity index (χ4v) is 2.50. The standard InChI is InChI=1S/C16H17ClN4/c1-2-9-18-11-12-7-8-13(17)10-16(12)21-15-6-4-3-5-14(15)19-20-21/h3-8,10,18H,2,9,11H2,1H3. The number of benzene rings is 2. The Kier molecular flexibility index (Phi) is 4.18. The quantitative estimate of drug-likeness (QED) is 0.733. The Morgan fingerprint density at radius 1 is 1.19 bits per heavy atom. The second-order valence-corrected chi connectivity index (χ2v) is 5.38. The van der Waals surface area contributed by atoms with Crippen LogP contribution in [0.1, 0.15) is 18.9 Å². The van der Waals surface area contributed by atoms with Crippen LogP contribution in [0.25, 0.3) is 16.7 Å². The first-order valence-corrected chi connectivity index (χ1v) is 7.47. The number of hydrogen-bond acceptors (Lipinski definition) is 3. The number of nitrogens with one attached hydrogen (secondary N) is 1. The van der Waals surface area contributed by atoms with Gasteiger partial charge in [0.2, 0.25) is 0 Å². The van der Waals surface area contributed by atoms with E-state index in [0.717, 1.165) is 41.8 Å². The average Bonchev–Trinajstić information content (AvgIpc) is 2.93. The molecule has 21 heavy (non-hydrogen) atoms. The molecule has 0 spiro atoms. The van der Waals surface area contributed by atoms with Gasteiger partial charge in [-0.05, 0) is 42.8 Å². The van der Waals surface area contributed by atoms with Crippen molar-refractivity contribution in [3.63, 3.8) is 0 Å². The summed E-state index contributed by atoms with van der Waals surface area (Å²) in [4.78, 5) is 0. The molecule has 0 unspecified atom stereocenters. The molecule has 0 saturated carbocycles. The number of halogens is 1. The smallest absolute Gasteiger partial charge is 0.113 e. The summed E-state index contributed by atoms with van der Waals surface area (Å²) >= 11 is 6.16. The van der Waals surface area contributed by atoms with Crippen molar-refractivity contribution in [3.05, 3.63) is 53.1 Å². The first kappa shape index (κ1) is 14.0. The van der Waals surface area contributed by atoms with Crippen LogP contribution in [0, 0.1) is 0 Å². The zero-order valence-electron chi connectivity index (χ0n) is 11.9. The average molecular weight is 301 g/mol. The molecule has 5 heteroatoms. The van der Waals surface area contributed by atoms with Crippen molar-refractivity contribution in [2.45, 2.75) is 19.9 Å². The molecule has 4 nitrogen and oxygen atoms in total. The number of hydrogen-bond donors (Lipinski definition) is 1. The van der Waals surface area contributed by atoms with Crippen molar-refractivity contribution in [3.8, 4) is 5.69 Å². The van der Waals surface area contributed by atoms with E-state index in [4.69, 9.17) is 11.6 Å². The molecule has 0 bridgehead atoms. The molecule has 1 heterocycles. The maximum absolute atomic E-state index is 6.16. The van der Waals surface area contributed by atoms with E-state index < -0.39 is 0 Å². The first-order valence-electron chi connectivity index (χ1n) is 7.09. The Hall–Kier alpha value is -1.91. The van der Waals surface area contributed by atoms with Gasteiger partial charge in [-0.15, -0.1) is 5.10 Å². The molecule has 1 aromatic heterocycles. The van der Waals surface area contributed by atoms with E-state index in [1.807, 2.05) is 47.1 Å². The molecule has 1 N–H and O–H groups in total. The summed E-state index contributed by atoms with van der Waals surface area (Å²) in [6.07, 6.45) is 1.11. The normalized spacial score (nSPS) is 11.1. The van der Waals surface area contributed by atoms with Crippen LogP contribution in [0.15, 0.2) is 42.5 Å². The van der Waals surface area contributed by atoms with Gasteiger partial charge in [-0.3, -0.25) is 0 Å². The molecule has 3 rings (SSSR count). The van der Waals surface area contributed by atoms with E-state index in [1.165, 1.54) is 0 Å². The van der Waals surface area contributed by atoms with E-state index >= 15 is 0 Å². The molecule has 0 aliphatic carbocycles. The van der Waals surface area contributed by atoms with Crippen molar-refractivity contribution in [2.24, 2.45) is 0 Å². The molecule has 0 aliphatic heterocycles. The maximum Gasteiger partial charge on any atom is 0.113 e. The van der Waals surface area contributed by atoms with Gasteiger partial charge in [0, 0.05) is 11.6 Å². The van der Waals surface area contributed by atoms with Crippen LogP contribution in [-0.4, -0.2) is 21.5 Å². The largest absolute Gasteiger partial charge is 0.313 e. The Balaban J connectivity index is 2.05. The fraction of sp³-hybridized carbons (Fsp3) is 0.250. The molecular weight excluding hydrogens is 284 g/mol. The van der Waals surface area contributed by atoms with Crippen LogP contribution in [0.5, 0.6) is 0 Å². The van der Waals surface area contributed by atoms with Crippen LogP contribution < -0.4 is 5.32 Å². The lowest BCUT2D eigenvalue weighted by molar-refractivity contribution is 0.669. The van der Waals surface area contributed by atoms with Gasteiger partial charge in [-0.2, -0.15) is 0 Å². The highest BCUT2D eigenvalue weighted by Crippen LogP contribution is 2.23. The molecule has 2 aromatic carbocycles. The third-order valence-corrected chi connectivity index (χ3v) is 3.60. The van der Waals surface area contributed by atoms with Gasteiger partial charge in [-0.1, -0.05) is 41.9 Å². The van der Waals surface area contributed by atoms with Crippen molar-refractivity contribution >= 4 is 22.6 Å². The van der Waals surface area contributed by atoms with Gasteiger partial charge in [0.15, 0.2) is 0 Å². The molecule has 0 fully saturated rings. The minimum Gasteiger partial charge on any atom is -0.313 e. The van der Waals surface area contributed by atoms with Crippen LogP contribution in [-0.2, 0) is 6.54 Å². The van der Waals surface area contributed by atoms with E-state index in [2.05, 4.69) is 22.6 Å². The summed E-state index contributed by atoms with van der Waals surface area (Å²) in [6.45, 7) is 3.93. The number of aromatic nitrogens is 3. The lowest BCUT2D eigenvalue weighted by Crippen LogP contribution is -2.15. The summed E-state index contributed by atoms with van der Waals surface area (Å²) < 4.78 is 1.85. The summed E-state index contributed by atoms with van der Waals surface area (Å²) in [6, 6.07) is 13.8. The minimum atomic E-state index is 0.698. The predicted octanol–water partition coefficient (Wildman–Crippen LogP) is 3.57. The SMILES string of the molecule is CCCNCc1ccc(Cl)cc1-n1nnc2ccccc21. The third-order valence-electron chi connectivity index (χ3n) is 3.37. The number of nitrogens with zero attached hydrogens (tertiary/aromatic N) is 3. The molecule has 0 saturated heterocycles. The van der Waals surface area contributed by atoms with Crippen molar-refractivity contribution in [1.29, 1.82) is 0 Å². The van der Waals surface area contributed by atoms with Crippen LogP contribution in [0.2, 0.25) is 5.02 Å². The maximum atomic E-state index is 6.16. The van der Waals surface area contributed by atoms with Gasteiger partial charge in [0.05, 0.1) is 11.2 Å². The monoisotopic (exact) mass is 300 g/mol. The topological polar surface area (TPSA) is 42.7 Å². The van der Waals surface area contributed by atoms with Gasteiger partial charge in [0.25, 0.3) is 0 Å². The molecule has 0 radical (unpaired) electrons. The van der Waals surface area contributed by atoms with Crippen molar-refractivity contribution in [1.82, 2.24) is 20.3 Å². The van der Waals surface area contributed by atoms with Gasteiger partial charge >= 0.3 is 0 Å². The highest BCUT2D eigenvalue weighted by atomic mass is 35.5. The molecule has 0 amide bonds. The number of para-hydroxylation sites is 1. The molecule has 0 atom stereocenters. The number of fused-ring (bicyclic) bond motifs is 1. The Labute approximate surface area is 128 Å². The van der Waals surface area contributed by atoms with E-state index in [0.29, 0.717) is 5.02 Å². The van der Waals surface area contributed by atoms with Gasteiger partial charge < -0.3 is 5.32 Å².